The first-order valence-corrected chi connectivity index (χ1v) is 8.97. The third-order valence-corrected chi connectivity index (χ3v) is 5.23. The van der Waals surface area contributed by atoms with Gasteiger partial charge in [-0.15, -0.1) is 11.3 Å². The topological polar surface area (TPSA) is 61.2 Å². The van der Waals surface area contributed by atoms with Gasteiger partial charge in [-0.1, -0.05) is 30.3 Å². The molecule has 0 amide bonds. The quantitative estimate of drug-likeness (QED) is 0.654. The maximum absolute atomic E-state index is 13.1. The van der Waals surface area contributed by atoms with Crippen molar-refractivity contribution in [3.05, 3.63) is 51.4 Å². The number of thiophene rings is 1. The molecule has 2 aromatic heterocycles. The fraction of sp³-hybridized carbons (Fsp3) is 0.316. The minimum atomic E-state index is -0.268. The highest BCUT2D eigenvalue weighted by atomic mass is 32.1. The Kier molecular flexibility index (Phi) is 4.99. The Balaban J connectivity index is 2.08. The van der Waals surface area contributed by atoms with Crippen LogP contribution in [-0.2, 0) is 16.1 Å². The van der Waals surface area contributed by atoms with E-state index in [1.807, 2.05) is 44.2 Å². The number of aromatic nitrogens is 2. The molecule has 2 heterocycles. The van der Waals surface area contributed by atoms with Gasteiger partial charge in [-0.25, -0.2) is 4.98 Å². The smallest absolute Gasteiger partial charge is 0.305 e. The zero-order valence-corrected chi connectivity index (χ0v) is 15.4. The molecule has 0 aliphatic carbocycles. The molecule has 0 saturated heterocycles. The lowest BCUT2D eigenvalue weighted by Crippen LogP contribution is -2.24. The zero-order valence-electron chi connectivity index (χ0n) is 14.5. The molecular formula is C19H20N2O3S. The standard InChI is InChI=1S/C19H20N2O3S/c1-12-16(14-8-5-4-6-9-14)17-18(25-12)20-13(2)21(19(17)23)11-7-10-15(22)24-3/h4-6,8-9H,7,10-11H2,1-3H3. The molecule has 0 aliphatic heterocycles. The number of benzene rings is 1. The van der Waals surface area contributed by atoms with Crippen molar-refractivity contribution in [3.63, 3.8) is 0 Å². The van der Waals surface area contributed by atoms with Crippen LogP contribution < -0.4 is 5.56 Å². The molecule has 0 unspecified atom stereocenters. The SMILES string of the molecule is COC(=O)CCCn1c(C)nc2sc(C)c(-c3ccccc3)c2c1=O. The van der Waals surface area contributed by atoms with E-state index in [4.69, 9.17) is 0 Å². The summed E-state index contributed by atoms with van der Waals surface area (Å²) in [6, 6.07) is 9.91. The van der Waals surface area contributed by atoms with Crippen molar-refractivity contribution >= 4 is 27.5 Å². The Labute approximate surface area is 149 Å². The summed E-state index contributed by atoms with van der Waals surface area (Å²) in [6.07, 6.45) is 0.832. The molecule has 5 nitrogen and oxygen atoms in total. The fourth-order valence-electron chi connectivity index (χ4n) is 3.00. The summed E-state index contributed by atoms with van der Waals surface area (Å²) in [4.78, 5) is 30.9. The monoisotopic (exact) mass is 356 g/mol. The Hall–Kier alpha value is -2.47. The molecule has 0 radical (unpaired) electrons. The molecule has 0 N–H and O–H groups in total. The summed E-state index contributed by atoms with van der Waals surface area (Å²) in [5.74, 6) is 0.402. The number of esters is 1. The first kappa shape index (κ1) is 17.4. The summed E-state index contributed by atoms with van der Waals surface area (Å²) in [5.41, 5.74) is 1.94. The van der Waals surface area contributed by atoms with Crippen molar-refractivity contribution in [3.8, 4) is 11.1 Å². The highest BCUT2D eigenvalue weighted by molar-refractivity contribution is 7.19. The van der Waals surface area contributed by atoms with Crippen molar-refractivity contribution in [1.82, 2.24) is 9.55 Å². The maximum atomic E-state index is 13.1. The second-order valence-electron chi connectivity index (χ2n) is 5.87. The molecule has 0 saturated carbocycles. The summed E-state index contributed by atoms with van der Waals surface area (Å²) < 4.78 is 6.32. The highest BCUT2D eigenvalue weighted by Gasteiger charge is 2.18. The normalized spacial score (nSPS) is 11.0. The predicted octanol–water partition coefficient (Wildman–Crippen LogP) is 3.70. The van der Waals surface area contributed by atoms with Crippen molar-refractivity contribution in [2.75, 3.05) is 7.11 Å². The summed E-state index contributed by atoms with van der Waals surface area (Å²) in [5, 5.41) is 0.664. The number of carbonyl (C=O) groups is 1. The number of hydrogen-bond acceptors (Lipinski definition) is 5. The molecule has 25 heavy (non-hydrogen) atoms. The van der Waals surface area contributed by atoms with E-state index in [1.165, 1.54) is 7.11 Å². The first-order valence-electron chi connectivity index (χ1n) is 8.15. The molecule has 6 heteroatoms. The van der Waals surface area contributed by atoms with Crippen LogP contribution in [0.25, 0.3) is 21.3 Å². The van der Waals surface area contributed by atoms with Crippen LogP contribution in [0.1, 0.15) is 23.5 Å². The lowest BCUT2D eigenvalue weighted by Gasteiger charge is -2.10. The molecule has 130 valence electrons. The van der Waals surface area contributed by atoms with Crippen LogP contribution in [-0.4, -0.2) is 22.6 Å². The molecule has 0 atom stereocenters. The van der Waals surface area contributed by atoms with Crippen LogP contribution in [0.2, 0.25) is 0 Å². The lowest BCUT2D eigenvalue weighted by atomic mass is 10.0. The zero-order chi connectivity index (χ0) is 18.0. The second kappa shape index (κ2) is 7.19. The number of aryl methyl sites for hydroxylation is 2. The molecule has 0 bridgehead atoms. The third-order valence-electron chi connectivity index (χ3n) is 4.23. The van der Waals surface area contributed by atoms with Crippen molar-refractivity contribution in [2.45, 2.75) is 33.2 Å². The number of ether oxygens (including phenoxy) is 1. The van der Waals surface area contributed by atoms with Crippen LogP contribution in [0.5, 0.6) is 0 Å². The van der Waals surface area contributed by atoms with Gasteiger partial charge in [0, 0.05) is 23.4 Å². The summed E-state index contributed by atoms with van der Waals surface area (Å²) in [7, 11) is 1.37. The summed E-state index contributed by atoms with van der Waals surface area (Å²) in [6.45, 7) is 4.30. The largest absolute Gasteiger partial charge is 0.469 e. The van der Waals surface area contributed by atoms with Crippen LogP contribution in [0.4, 0.5) is 0 Å². The number of hydrogen-bond donors (Lipinski definition) is 0. The number of nitrogens with zero attached hydrogens (tertiary/aromatic N) is 2. The first-order chi connectivity index (χ1) is 12.0. The van der Waals surface area contributed by atoms with E-state index in [2.05, 4.69) is 9.72 Å². The number of methoxy groups -OCH3 is 1. The Morgan fingerprint density at radius 1 is 1.24 bits per heavy atom. The van der Waals surface area contributed by atoms with Gasteiger partial charge in [-0.2, -0.15) is 0 Å². The number of fused-ring (bicyclic) bond motifs is 1. The van der Waals surface area contributed by atoms with Crippen LogP contribution >= 0.6 is 11.3 Å². The molecule has 0 aliphatic rings. The van der Waals surface area contributed by atoms with E-state index in [-0.39, 0.29) is 17.9 Å². The minimum absolute atomic E-state index is 0.0458. The number of carbonyl (C=O) groups excluding carboxylic acids is 1. The summed E-state index contributed by atoms with van der Waals surface area (Å²) >= 11 is 1.54. The van der Waals surface area contributed by atoms with Crippen LogP contribution in [0, 0.1) is 13.8 Å². The van der Waals surface area contributed by atoms with E-state index in [9.17, 15) is 9.59 Å². The van der Waals surface area contributed by atoms with E-state index >= 15 is 0 Å². The Bertz CT molecular complexity index is 974. The molecule has 0 spiro atoms. The van der Waals surface area contributed by atoms with E-state index in [0.717, 1.165) is 20.8 Å². The van der Waals surface area contributed by atoms with Gasteiger partial charge < -0.3 is 4.74 Å². The van der Waals surface area contributed by atoms with Gasteiger partial charge >= 0.3 is 5.97 Å². The van der Waals surface area contributed by atoms with E-state index in [1.54, 1.807) is 15.9 Å². The van der Waals surface area contributed by atoms with Crippen molar-refractivity contribution in [2.24, 2.45) is 0 Å². The van der Waals surface area contributed by atoms with Gasteiger partial charge in [0.25, 0.3) is 5.56 Å². The second-order valence-corrected chi connectivity index (χ2v) is 7.08. The average molecular weight is 356 g/mol. The number of rotatable bonds is 5. The minimum Gasteiger partial charge on any atom is -0.469 e. The van der Waals surface area contributed by atoms with Crippen LogP contribution in [0.3, 0.4) is 0 Å². The van der Waals surface area contributed by atoms with E-state index < -0.39 is 0 Å². The van der Waals surface area contributed by atoms with Gasteiger partial charge in [-0.05, 0) is 25.8 Å². The van der Waals surface area contributed by atoms with E-state index in [0.29, 0.717) is 24.2 Å². The lowest BCUT2D eigenvalue weighted by molar-refractivity contribution is -0.140. The molecule has 3 rings (SSSR count). The third kappa shape index (κ3) is 3.35. The van der Waals surface area contributed by atoms with Crippen LogP contribution in [0.15, 0.2) is 35.1 Å². The molecular weight excluding hydrogens is 336 g/mol. The van der Waals surface area contributed by atoms with Gasteiger partial charge in [-0.3, -0.25) is 14.2 Å². The Morgan fingerprint density at radius 3 is 2.64 bits per heavy atom. The maximum Gasteiger partial charge on any atom is 0.305 e. The predicted molar refractivity (Wildman–Crippen MR) is 100 cm³/mol. The van der Waals surface area contributed by atoms with Gasteiger partial charge in [0.2, 0.25) is 0 Å². The Morgan fingerprint density at radius 2 is 1.96 bits per heavy atom. The average Bonchev–Trinajstić information content (AvgIpc) is 2.94. The van der Waals surface area contributed by atoms with Crippen molar-refractivity contribution < 1.29 is 9.53 Å². The van der Waals surface area contributed by atoms with Gasteiger partial charge in [0.1, 0.15) is 10.7 Å². The fourth-order valence-corrected chi connectivity index (χ4v) is 4.08. The van der Waals surface area contributed by atoms with Crippen molar-refractivity contribution in [1.29, 1.82) is 0 Å². The van der Waals surface area contributed by atoms with Gasteiger partial charge in [0.05, 0.1) is 12.5 Å². The van der Waals surface area contributed by atoms with Gasteiger partial charge in [0.15, 0.2) is 0 Å². The molecule has 1 aromatic carbocycles. The highest BCUT2D eigenvalue weighted by Crippen LogP contribution is 2.35. The molecule has 3 aromatic rings. The molecule has 0 fully saturated rings.